The highest BCUT2D eigenvalue weighted by atomic mass is 16.5. The van der Waals surface area contributed by atoms with E-state index in [0.717, 1.165) is 38.9 Å². The molecule has 0 aromatic heterocycles. The second kappa shape index (κ2) is 7.63. The first-order chi connectivity index (χ1) is 7.77. The Bertz CT molecular complexity index is 209. The van der Waals surface area contributed by atoms with E-state index in [-0.39, 0.29) is 12.5 Å². The Morgan fingerprint density at radius 3 is 2.88 bits per heavy atom. The Hall–Kier alpha value is -0.610. The van der Waals surface area contributed by atoms with Gasteiger partial charge < -0.3 is 15.0 Å². The van der Waals surface area contributed by atoms with Gasteiger partial charge in [0.2, 0.25) is 5.91 Å². The highest BCUT2D eigenvalue weighted by molar-refractivity contribution is 5.78. The van der Waals surface area contributed by atoms with E-state index < -0.39 is 0 Å². The predicted molar refractivity (Wildman–Crippen MR) is 64.4 cm³/mol. The molecule has 1 heterocycles. The zero-order valence-corrected chi connectivity index (χ0v) is 10.5. The molecule has 16 heavy (non-hydrogen) atoms. The molecule has 1 atom stereocenters. The van der Waals surface area contributed by atoms with E-state index in [1.165, 1.54) is 0 Å². The zero-order valence-electron chi connectivity index (χ0n) is 10.5. The van der Waals surface area contributed by atoms with Crippen molar-refractivity contribution >= 4 is 5.91 Å². The lowest BCUT2D eigenvalue weighted by atomic mass is 10.1. The lowest BCUT2D eigenvalue weighted by Gasteiger charge is -2.31. The van der Waals surface area contributed by atoms with Crippen molar-refractivity contribution in [1.82, 2.24) is 10.2 Å². The molecule has 0 radical (unpaired) electrons. The van der Waals surface area contributed by atoms with Gasteiger partial charge >= 0.3 is 0 Å². The van der Waals surface area contributed by atoms with E-state index in [0.29, 0.717) is 12.6 Å². The predicted octanol–water partition coefficient (Wildman–Crippen LogP) is 1.01. The maximum atomic E-state index is 11.6. The zero-order chi connectivity index (χ0) is 11.8. The summed E-state index contributed by atoms with van der Waals surface area (Å²) in [6.07, 6.45) is 3.42. The molecule has 1 saturated heterocycles. The summed E-state index contributed by atoms with van der Waals surface area (Å²) in [4.78, 5) is 13.5. The largest absolute Gasteiger partial charge is 0.370 e. The summed E-state index contributed by atoms with van der Waals surface area (Å²) in [6.45, 7) is 7.88. The highest BCUT2D eigenvalue weighted by Crippen LogP contribution is 2.04. The molecule has 0 bridgehead atoms. The Kier molecular flexibility index (Phi) is 6.42. The number of ether oxygens (including phenoxy) is 1. The normalized spacial score (nSPS) is 18.9. The molecule has 1 fully saturated rings. The number of hydrogen-bond acceptors (Lipinski definition) is 3. The van der Waals surface area contributed by atoms with Gasteiger partial charge in [0.25, 0.3) is 0 Å². The third-order valence-electron chi connectivity index (χ3n) is 2.84. The van der Waals surface area contributed by atoms with E-state index >= 15 is 0 Å². The molecule has 1 unspecified atom stereocenters. The van der Waals surface area contributed by atoms with E-state index in [1.807, 2.05) is 4.90 Å². The van der Waals surface area contributed by atoms with Crippen LogP contribution >= 0.6 is 0 Å². The van der Waals surface area contributed by atoms with Gasteiger partial charge in [-0.15, -0.1) is 0 Å². The summed E-state index contributed by atoms with van der Waals surface area (Å²) < 4.78 is 5.12. The molecule has 0 saturated carbocycles. The minimum Gasteiger partial charge on any atom is -0.370 e. The molecule has 1 amide bonds. The summed E-state index contributed by atoms with van der Waals surface area (Å²) in [5.74, 6) is 0.130. The Balaban J connectivity index is 2.36. The molecule has 94 valence electrons. The lowest BCUT2D eigenvalue weighted by Crippen LogP contribution is -2.48. The standard InChI is InChI=1S/C12H24N2O2/c1-3-5-11(13-6-4-2)9-14-7-8-16-10-12(14)15/h11,13H,3-10H2,1-2H3. The second-order valence-corrected chi connectivity index (χ2v) is 4.33. The molecule has 0 aliphatic carbocycles. The van der Waals surface area contributed by atoms with Crippen LogP contribution in [0.2, 0.25) is 0 Å². The van der Waals surface area contributed by atoms with Gasteiger partial charge in [-0.25, -0.2) is 0 Å². The summed E-state index contributed by atoms with van der Waals surface area (Å²) in [5, 5.41) is 3.50. The summed E-state index contributed by atoms with van der Waals surface area (Å²) >= 11 is 0. The second-order valence-electron chi connectivity index (χ2n) is 4.33. The molecule has 4 nitrogen and oxygen atoms in total. The number of carbonyl (C=O) groups is 1. The number of hydrogen-bond donors (Lipinski definition) is 1. The number of amides is 1. The quantitative estimate of drug-likeness (QED) is 0.707. The summed E-state index contributed by atoms with van der Waals surface area (Å²) in [5.41, 5.74) is 0. The number of nitrogens with one attached hydrogen (secondary N) is 1. The van der Waals surface area contributed by atoms with Crippen molar-refractivity contribution in [2.45, 2.75) is 39.2 Å². The van der Waals surface area contributed by atoms with Gasteiger partial charge in [-0.2, -0.15) is 0 Å². The van der Waals surface area contributed by atoms with Crippen LogP contribution in [0.1, 0.15) is 33.1 Å². The van der Waals surface area contributed by atoms with Crippen molar-refractivity contribution in [3.8, 4) is 0 Å². The van der Waals surface area contributed by atoms with Gasteiger partial charge in [-0.3, -0.25) is 4.79 Å². The van der Waals surface area contributed by atoms with Crippen LogP contribution < -0.4 is 5.32 Å². The first-order valence-corrected chi connectivity index (χ1v) is 6.36. The molecule has 4 heteroatoms. The monoisotopic (exact) mass is 228 g/mol. The van der Waals surface area contributed by atoms with E-state index in [2.05, 4.69) is 19.2 Å². The number of morpholine rings is 1. The molecular weight excluding hydrogens is 204 g/mol. The van der Waals surface area contributed by atoms with Crippen LogP contribution in [0.4, 0.5) is 0 Å². The van der Waals surface area contributed by atoms with Crippen molar-refractivity contribution in [1.29, 1.82) is 0 Å². The first kappa shape index (κ1) is 13.5. The minimum atomic E-state index is 0.130. The Morgan fingerprint density at radius 1 is 1.44 bits per heavy atom. The maximum absolute atomic E-state index is 11.6. The molecule has 1 aliphatic heterocycles. The molecule has 0 spiro atoms. The average Bonchev–Trinajstić information content (AvgIpc) is 2.29. The van der Waals surface area contributed by atoms with Crippen LogP contribution in [0.15, 0.2) is 0 Å². The minimum absolute atomic E-state index is 0.130. The number of nitrogens with zero attached hydrogens (tertiary/aromatic N) is 1. The first-order valence-electron chi connectivity index (χ1n) is 6.36. The van der Waals surface area contributed by atoms with Crippen LogP contribution in [-0.4, -0.2) is 49.7 Å². The van der Waals surface area contributed by atoms with Crippen molar-refractivity contribution in [3.05, 3.63) is 0 Å². The van der Waals surface area contributed by atoms with E-state index in [4.69, 9.17) is 4.74 Å². The molecule has 1 rings (SSSR count). The van der Waals surface area contributed by atoms with Crippen molar-refractivity contribution in [2.75, 3.05) is 32.8 Å². The van der Waals surface area contributed by atoms with Gasteiger partial charge in [0, 0.05) is 19.1 Å². The maximum Gasteiger partial charge on any atom is 0.248 e. The summed E-state index contributed by atoms with van der Waals surface area (Å²) in [7, 11) is 0. The van der Waals surface area contributed by atoms with Gasteiger partial charge in [-0.05, 0) is 19.4 Å². The average molecular weight is 228 g/mol. The van der Waals surface area contributed by atoms with Crippen molar-refractivity contribution < 1.29 is 9.53 Å². The van der Waals surface area contributed by atoms with Crippen LogP contribution in [-0.2, 0) is 9.53 Å². The highest BCUT2D eigenvalue weighted by Gasteiger charge is 2.21. The van der Waals surface area contributed by atoms with Gasteiger partial charge in [0.05, 0.1) is 6.61 Å². The van der Waals surface area contributed by atoms with Crippen LogP contribution in [0, 0.1) is 0 Å². The molecule has 0 aromatic rings. The van der Waals surface area contributed by atoms with Crippen LogP contribution in [0.25, 0.3) is 0 Å². The topological polar surface area (TPSA) is 41.6 Å². The van der Waals surface area contributed by atoms with E-state index in [9.17, 15) is 4.79 Å². The summed E-state index contributed by atoms with van der Waals surface area (Å²) in [6, 6.07) is 0.437. The molecule has 1 aliphatic rings. The van der Waals surface area contributed by atoms with Gasteiger partial charge in [-0.1, -0.05) is 20.3 Å². The number of rotatable bonds is 7. The molecular formula is C12H24N2O2. The third kappa shape index (κ3) is 4.49. The van der Waals surface area contributed by atoms with Gasteiger partial charge in [0.15, 0.2) is 0 Å². The van der Waals surface area contributed by atoms with E-state index in [1.54, 1.807) is 0 Å². The van der Waals surface area contributed by atoms with Crippen LogP contribution in [0.3, 0.4) is 0 Å². The Morgan fingerprint density at radius 2 is 2.25 bits per heavy atom. The Labute approximate surface area is 98.3 Å². The SMILES string of the molecule is CCCNC(CCC)CN1CCOCC1=O. The third-order valence-corrected chi connectivity index (χ3v) is 2.84. The molecule has 1 N–H and O–H groups in total. The van der Waals surface area contributed by atoms with Crippen molar-refractivity contribution in [2.24, 2.45) is 0 Å². The fourth-order valence-electron chi connectivity index (χ4n) is 1.96. The fraction of sp³-hybridized carbons (Fsp3) is 0.917. The molecule has 0 aromatic carbocycles. The smallest absolute Gasteiger partial charge is 0.248 e. The van der Waals surface area contributed by atoms with Crippen molar-refractivity contribution in [3.63, 3.8) is 0 Å². The lowest BCUT2D eigenvalue weighted by molar-refractivity contribution is -0.143. The van der Waals surface area contributed by atoms with Crippen LogP contribution in [0.5, 0.6) is 0 Å². The fourth-order valence-corrected chi connectivity index (χ4v) is 1.96. The number of carbonyl (C=O) groups excluding carboxylic acids is 1. The van der Waals surface area contributed by atoms with Gasteiger partial charge in [0.1, 0.15) is 6.61 Å².